The minimum Gasteiger partial charge on any atom is -0.383 e. The summed E-state index contributed by atoms with van der Waals surface area (Å²) in [5.41, 5.74) is 2.85. The lowest BCUT2D eigenvalue weighted by molar-refractivity contribution is 0.0744. The van der Waals surface area contributed by atoms with E-state index < -0.39 is 0 Å². The average molecular weight is 327 g/mol. The van der Waals surface area contributed by atoms with Gasteiger partial charge in [-0.2, -0.15) is 0 Å². The Labute approximate surface area is 139 Å². The quantitative estimate of drug-likeness (QED) is 0.724. The summed E-state index contributed by atoms with van der Waals surface area (Å²) in [6.45, 7) is 1.02. The number of rotatable bonds is 5. The maximum absolute atomic E-state index is 13.0. The lowest BCUT2D eigenvalue weighted by atomic mass is 10.2. The Balaban J connectivity index is 1.88. The Morgan fingerprint density at radius 1 is 1.21 bits per heavy atom. The van der Waals surface area contributed by atoms with Gasteiger partial charge in [-0.25, -0.2) is 9.37 Å². The monoisotopic (exact) mass is 327 g/mol. The number of carbonyl (C=O) groups is 1. The van der Waals surface area contributed by atoms with E-state index in [1.54, 1.807) is 53.9 Å². The Bertz CT molecular complexity index is 858. The van der Waals surface area contributed by atoms with Gasteiger partial charge in [-0.05, 0) is 36.4 Å². The van der Waals surface area contributed by atoms with E-state index in [1.165, 1.54) is 12.1 Å². The lowest BCUT2D eigenvalue weighted by Crippen LogP contribution is -2.30. The molecule has 0 fully saturated rings. The molecule has 0 N–H and O–H groups in total. The molecule has 0 aliphatic carbocycles. The molecule has 0 saturated heterocycles. The molecule has 0 atom stereocenters. The second-order valence-corrected chi connectivity index (χ2v) is 5.54. The standard InChI is InChI=1S/C18H18FN3O2/c1-21(9-10-24-2)18(23)14-5-8-17-20-16(12-22(17)11-14)13-3-6-15(19)7-4-13/h3-8,11-12H,9-10H2,1-2H3. The van der Waals surface area contributed by atoms with Gasteiger partial charge < -0.3 is 14.0 Å². The molecule has 3 rings (SSSR count). The second kappa shape index (κ2) is 6.80. The zero-order chi connectivity index (χ0) is 17.1. The number of imidazole rings is 1. The average Bonchev–Trinajstić information content (AvgIpc) is 3.02. The number of methoxy groups -OCH3 is 1. The number of benzene rings is 1. The molecule has 124 valence electrons. The first-order chi connectivity index (χ1) is 11.6. The molecule has 2 aromatic heterocycles. The van der Waals surface area contributed by atoms with Gasteiger partial charge in [-0.1, -0.05) is 0 Å². The van der Waals surface area contributed by atoms with Crippen molar-refractivity contribution < 1.29 is 13.9 Å². The van der Waals surface area contributed by atoms with E-state index >= 15 is 0 Å². The predicted octanol–water partition coefficient (Wildman–Crippen LogP) is 2.86. The summed E-state index contributed by atoms with van der Waals surface area (Å²) in [6.07, 6.45) is 3.58. The van der Waals surface area contributed by atoms with Crippen LogP contribution in [0, 0.1) is 5.82 Å². The number of carbonyl (C=O) groups excluding carboxylic acids is 1. The minimum atomic E-state index is -0.283. The van der Waals surface area contributed by atoms with Crippen LogP contribution < -0.4 is 0 Å². The smallest absolute Gasteiger partial charge is 0.255 e. The molecular formula is C18H18FN3O2. The molecule has 1 aromatic carbocycles. The SMILES string of the molecule is COCCN(C)C(=O)c1ccc2nc(-c3ccc(F)cc3)cn2c1. The van der Waals surface area contributed by atoms with Gasteiger partial charge >= 0.3 is 0 Å². The molecule has 0 radical (unpaired) electrons. The summed E-state index contributed by atoms with van der Waals surface area (Å²) in [4.78, 5) is 18.5. The highest BCUT2D eigenvalue weighted by Crippen LogP contribution is 2.20. The summed E-state index contributed by atoms with van der Waals surface area (Å²) in [7, 11) is 3.34. The predicted molar refractivity (Wildman–Crippen MR) is 89.4 cm³/mol. The summed E-state index contributed by atoms with van der Waals surface area (Å²) in [6, 6.07) is 9.72. The third-order valence-electron chi connectivity index (χ3n) is 3.82. The zero-order valence-corrected chi connectivity index (χ0v) is 13.6. The van der Waals surface area contributed by atoms with Gasteiger partial charge in [0.15, 0.2) is 0 Å². The number of aromatic nitrogens is 2. The molecular weight excluding hydrogens is 309 g/mol. The van der Waals surface area contributed by atoms with Crippen molar-refractivity contribution in [2.45, 2.75) is 0 Å². The van der Waals surface area contributed by atoms with Crippen LogP contribution >= 0.6 is 0 Å². The first-order valence-corrected chi connectivity index (χ1v) is 7.57. The van der Waals surface area contributed by atoms with E-state index in [0.717, 1.165) is 16.9 Å². The zero-order valence-electron chi connectivity index (χ0n) is 13.6. The van der Waals surface area contributed by atoms with Crippen molar-refractivity contribution in [3.05, 3.63) is 60.2 Å². The van der Waals surface area contributed by atoms with Crippen LogP contribution in [0.4, 0.5) is 4.39 Å². The first-order valence-electron chi connectivity index (χ1n) is 7.57. The maximum Gasteiger partial charge on any atom is 0.255 e. The fraction of sp³-hybridized carbons (Fsp3) is 0.222. The van der Waals surface area contributed by atoms with Crippen LogP contribution in [0.1, 0.15) is 10.4 Å². The Kier molecular flexibility index (Phi) is 4.57. The van der Waals surface area contributed by atoms with Crippen LogP contribution in [0.5, 0.6) is 0 Å². The third kappa shape index (κ3) is 3.28. The van der Waals surface area contributed by atoms with Crippen LogP contribution in [0.15, 0.2) is 48.8 Å². The molecule has 0 bridgehead atoms. The Hall–Kier alpha value is -2.73. The molecule has 0 aliphatic heterocycles. The summed E-state index contributed by atoms with van der Waals surface area (Å²) in [5.74, 6) is -0.361. The van der Waals surface area contributed by atoms with Crippen LogP contribution in [-0.2, 0) is 4.74 Å². The highest BCUT2D eigenvalue weighted by molar-refractivity contribution is 5.94. The van der Waals surface area contributed by atoms with E-state index in [-0.39, 0.29) is 11.7 Å². The van der Waals surface area contributed by atoms with Gasteiger partial charge in [-0.3, -0.25) is 4.79 Å². The molecule has 3 aromatic rings. The Morgan fingerprint density at radius 2 is 1.96 bits per heavy atom. The number of halogens is 1. The second-order valence-electron chi connectivity index (χ2n) is 5.54. The lowest BCUT2D eigenvalue weighted by Gasteiger charge is -2.16. The van der Waals surface area contributed by atoms with Crippen molar-refractivity contribution in [1.29, 1.82) is 0 Å². The minimum absolute atomic E-state index is 0.0778. The molecule has 0 aliphatic rings. The summed E-state index contributed by atoms with van der Waals surface area (Å²) >= 11 is 0. The number of hydrogen-bond acceptors (Lipinski definition) is 3. The number of amides is 1. The molecule has 0 spiro atoms. The van der Waals surface area contributed by atoms with E-state index in [9.17, 15) is 9.18 Å². The number of likely N-dealkylation sites (N-methyl/N-ethyl adjacent to an activating group) is 1. The Morgan fingerprint density at radius 3 is 2.67 bits per heavy atom. The van der Waals surface area contributed by atoms with Crippen LogP contribution in [0.2, 0.25) is 0 Å². The fourth-order valence-electron chi connectivity index (χ4n) is 2.43. The number of nitrogens with zero attached hydrogens (tertiary/aromatic N) is 3. The third-order valence-corrected chi connectivity index (χ3v) is 3.82. The molecule has 0 saturated carbocycles. The van der Waals surface area contributed by atoms with Gasteiger partial charge in [0.25, 0.3) is 5.91 Å². The highest BCUT2D eigenvalue weighted by Gasteiger charge is 2.13. The summed E-state index contributed by atoms with van der Waals surface area (Å²) < 4.78 is 19.8. The van der Waals surface area contributed by atoms with E-state index in [2.05, 4.69) is 4.98 Å². The van der Waals surface area contributed by atoms with Crippen LogP contribution in [0.3, 0.4) is 0 Å². The molecule has 2 heterocycles. The van der Waals surface area contributed by atoms with Gasteiger partial charge in [0.1, 0.15) is 11.5 Å². The maximum atomic E-state index is 13.0. The fourth-order valence-corrected chi connectivity index (χ4v) is 2.43. The number of pyridine rings is 1. The van der Waals surface area contributed by atoms with Crippen LogP contribution in [0.25, 0.3) is 16.9 Å². The van der Waals surface area contributed by atoms with E-state index in [0.29, 0.717) is 18.7 Å². The van der Waals surface area contributed by atoms with Crippen LogP contribution in [-0.4, -0.2) is 47.5 Å². The van der Waals surface area contributed by atoms with E-state index in [4.69, 9.17) is 4.74 Å². The van der Waals surface area contributed by atoms with Crippen molar-refractivity contribution in [1.82, 2.24) is 14.3 Å². The van der Waals surface area contributed by atoms with Gasteiger partial charge in [-0.15, -0.1) is 0 Å². The molecule has 6 heteroatoms. The number of hydrogen-bond donors (Lipinski definition) is 0. The van der Waals surface area contributed by atoms with Crippen molar-refractivity contribution in [3.63, 3.8) is 0 Å². The van der Waals surface area contributed by atoms with Crippen molar-refractivity contribution in [2.24, 2.45) is 0 Å². The van der Waals surface area contributed by atoms with Gasteiger partial charge in [0.2, 0.25) is 0 Å². The van der Waals surface area contributed by atoms with E-state index in [1.807, 2.05) is 6.20 Å². The van der Waals surface area contributed by atoms with Crippen molar-refractivity contribution in [2.75, 3.05) is 27.3 Å². The molecule has 24 heavy (non-hydrogen) atoms. The first kappa shape index (κ1) is 16.1. The number of fused-ring (bicyclic) bond motifs is 1. The largest absolute Gasteiger partial charge is 0.383 e. The topological polar surface area (TPSA) is 46.8 Å². The number of ether oxygens (including phenoxy) is 1. The normalized spacial score (nSPS) is 11.0. The molecule has 1 amide bonds. The molecule has 0 unspecified atom stereocenters. The highest BCUT2D eigenvalue weighted by atomic mass is 19.1. The van der Waals surface area contributed by atoms with Gasteiger partial charge in [0, 0.05) is 38.7 Å². The molecule has 5 nitrogen and oxygen atoms in total. The van der Waals surface area contributed by atoms with Crippen molar-refractivity contribution >= 4 is 11.6 Å². The van der Waals surface area contributed by atoms with Crippen molar-refractivity contribution in [3.8, 4) is 11.3 Å². The summed E-state index contributed by atoms with van der Waals surface area (Å²) in [5, 5.41) is 0. The van der Waals surface area contributed by atoms with Gasteiger partial charge in [0.05, 0.1) is 17.9 Å².